The lowest BCUT2D eigenvalue weighted by atomic mass is 9.89. The quantitative estimate of drug-likeness (QED) is 0.473. The number of hydrogen-bond acceptors (Lipinski definition) is 5. The van der Waals surface area contributed by atoms with E-state index < -0.39 is 0 Å². The van der Waals surface area contributed by atoms with Crippen molar-refractivity contribution in [2.75, 3.05) is 51.6 Å². The Morgan fingerprint density at radius 1 is 0.892 bits per heavy atom. The number of hydrogen-bond donors (Lipinski definition) is 1. The topological polar surface area (TPSA) is 71.1 Å². The fourth-order valence-corrected chi connectivity index (χ4v) is 4.76. The highest BCUT2D eigenvalue weighted by Gasteiger charge is 2.25. The molecule has 0 aromatic heterocycles. The molecule has 1 aliphatic rings. The van der Waals surface area contributed by atoms with Gasteiger partial charge < -0.3 is 24.6 Å². The SMILES string of the molecule is COc1cc(C)c(C(=O)Nc2ccc(C3CCN(C(=O)c4ccc(N(C)C)cc4)CC3)cc2)cc1OC. The van der Waals surface area contributed by atoms with Crippen molar-refractivity contribution in [2.24, 2.45) is 0 Å². The molecule has 1 fully saturated rings. The van der Waals surface area contributed by atoms with E-state index in [0.717, 1.165) is 48.4 Å². The van der Waals surface area contributed by atoms with Crippen LogP contribution in [0.3, 0.4) is 0 Å². The van der Waals surface area contributed by atoms with Crippen molar-refractivity contribution in [1.82, 2.24) is 4.90 Å². The third-order valence-corrected chi connectivity index (χ3v) is 7.03. The second kappa shape index (κ2) is 11.4. The van der Waals surface area contributed by atoms with Gasteiger partial charge in [-0.1, -0.05) is 12.1 Å². The summed E-state index contributed by atoms with van der Waals surface area (Å²) >= 11 is 0. The average Bonchev–Trinajstić information content (AvgIpc) is 2.93. The Balaban J connectivity index is 1.35. The molecule has 1 aliphatic heterocycles. The molecule has 3 aromatic rings. The van der Waals surface area contributed by atoms with Crippen LogP contribution in [0.25, 0.3) is 0 Å². The number of nitrogens with zero attached hydrogens (tertiary/aromatic N) is 2. The fraction of sp³-hybridized carbons (Fsp3) is 0.333. The van der Waals surface area contributed by atoms with Crippen LogP contribution in [0, 0.1) is 6.92 Å². The number of rotatable bonds is 7. The Morgan fingerprint density at radius 2 is 1.49 bits per heavy atom. The molecule has 7 nitrogen and oxygen atoms in total. The number of amides is 2. The van der Waals surface area contributed by atoms with E-state index >= 15 is 0 Å². The first-order valence-electron chi connectivity index (χ1n) is 12.5. The molecule has 1 N–H and O–H groups in total. The number of piperidine rings is 1. The van der Waals surface area contributed by atoms with E-state index in [0.29, 0.717) is 23.0 Å². The summed E-state index contributed by atoms with van der Waals surface area (Å²) in [5.41, 5.74) is 5.11. The lowest BCUT2D eigenvalue weighted by Crippen LogP contribution is -2.37. The first-order valence-corrected chi connectivity index (χ1v) is 12.5. The van der Waals surface area contributed by atoms with Gasteiger partial charge >= 0.3 is 0 Å². The van der Waals surface area contributed by atoms with Gasteiger partial charge in [-0.15, -0.1) is 0 Å². The summed E-state index contributed by atoms with van der Waals surface area (Å²) in [4.78, 5) is 29.8. The van der Waals surface area contributed by atoms with E-state index in [4.69, 9.17) is 9.47 Å². The van der Waals surface area contributed by atoms with Crippen LogP contribution in [0.1, 0.15) is 50.6 Å². The molecule has 0 spiro atoms. The molecule has 0 aliphatic carbocycles. The van der Waals surface area contributed by atoms with Crippen molar-refractivity contribution >= 4 is 23.2 Å². The Kier molecular flexibility index (Phi) is 8.01. The molecule has 0 atom stereocenters. The third kappa shape index (κ3) is 5.88. The van der Waals surface area contributed by atoms with E-state index in [1.54, 1.807) is 26.4 Å². The van der Waals surface area contributed by atoms with Crippen molar-refractivity contribution in [1.29, 1.82) is 0 Å². The van der Waals surface area contributed by atoms with Crippen LogP contribution in [-0.2, 0) is 0 Å². The predicted molar refractivity (Wildman–Crippen MR) is 147 cm³/mol. The van der Waals surface area contributed by atoms with Gasteiger partial charge in [0.1, 0.15) is 0 Å². The lowest BCUT2D eigenvalue weighted by Gasteiger charge is -2.32. The maximum Gasteiger partial charge on any atom is 0.256 e. The Bertz CT molecular complexity index is 1250. The molecule has 37 heavy (non-hydrogen) atoms. The van der Waals surface area contributed by atoms with Crippen molar-refractivity contribution in [3.8, 4) is 11.5 Å². The Labute approximate surface area is 219 Å². The van der Waals surface area contributed by atoms with Crippen molar-refractivity contribution in [3.05, 3.63) is 82.9 Å². The highest BCUT2D eigenvalue weighted by atomic mass is 16.5. The molecule has 194 valence electrons. The summed E-state index contributed by atoms with van der Waals surface area (Å²) < 4.78 is 10.7. The molecule has 2 amide bonds. The third-order valence-electron chi connectivity index (χ3n) is 7.03. The maximum absolute atomic E-state index is 12.9. The van der Waals surface area contributed by atoms with Gasteiger partial charge in [-0.2, -0.15) is 0 Å². The summed E-state index contributed by atoms with van der Waals surface area (Å²) in [5.74, 6) is 1.39. The van der Waals surface area contributed by atoms with Crippen LogP contribution < -0.4 is 19.7 Å². The Hall–Kier alpha value is -4.00. The molecule has 1 heterocycles. The molecular formula is C30H35N3O4. The van der Waals surface area contributed by atoms with Gasteiger partial charge in [-0.25, -0.2) is 0 Å². The number of likely N-dealkylation sites (tertiary alicyclic amines) is 1. The van der Waals surface area contributed by atoms with E-state index in [1.165, 1.54) is 5.56 Å². The van der Waals surface area contributed by atoms with E-state index in [-0.39, 0.29) is 11.8 Å². The summed E-state index contributed by atoms with van der Waals surface area (Å²) in [5, 5.41) is 2.98. The minimum absolute atomic E-state index is 0.0901. The largest absolute Gasteiger partial charge is 0.493 e. The zero-order chi connectivity index (χ0) is 26.5. The lowest BCUT2D eigenvalue weighted by molar-refractivity contribution is 0.0713. The van der Waals surface area contributed by atoms with Crippen molar-refractivity contribution < 1.29 is 19.1 Å². The van der Waals surface area contributed by atoms with Gasteiger partial charge in [0.05, 0.1) is 14.2 Å². The number of ether oxygens (including phenoxy) is 2. The first-order chi connectivity index (χ1) is 17.8. The van der Waals surface area contributed by atoms with Gasteiger partial charge in [0.2, 0.25) is 0 Å². The van der Waals surface area contributed by atoms with E-state index in [2.05, 4.69) is 17.4 Å². The van der Waals surface area contributed by atoms with Gasteiger partial charge in [-0.3, -0.25) is 9.59 Å². The summed E-state index contributed by atoms with van der Waals surface area (Å²) in [6.07, 6.45) is 1.83. The van der Waals surface area contributed by atoms with Gasteiger partial charge in [0.15, 0.2) is 11.5 Å². The monoisotopic (exact) mass is 501 g/mol. The molecule has 3 aromatic carbocycles. The second-order valence-corrected chi connectivity index (χ2v) is 9.61. The molecule has 0 bridgehead atoms. The molecule has 0 unspecified atom stereocenters. The molecule has 0 radical (unpaired) electrons. The number of anilines is 2. The minimum Gasteiger partial charge on any atom is -0.493 e. The number of nitrogens with one attached hydrogen (secondary N) is 1. The van der Waals surface area contributed by atoms with Gasteiger partial charge in [0, 0.05) is 49.7 Å². The Morgan fingerprint density at radius 3 is 2.05 bits per heavy atom. The highest BCUT2D eigenvalue weighted by molar-refractivity contribution is 6.05. The van der Waals surface area contributed by atoms with Gasteiger partial charge in [0.25, 0.3) is 11.8 Å². The van der Waals surface area contributed by atoms with Crippen LogP contribution in [-0.4, -0.2) is 58.1 Å². The molecular weight excluding hydrogens is 466 g/mol. The number of carbonyl (C=O) groups is 2. The van der Waals surface area contributed by atoms with E-state index in [1.807, 2.05) is 67.2 Å². The van der Waals surface area contributed by atoms with Crippen molar-refractivity contribution in [3.63, 3.8) is 0 Å². The first kappa shape index (κ1) is 26.1. The van der Waals surface area contributed by atoms with Crippen molar-refractivity contribution in [2.45, 2.75) is 25.7 Å². The zero-order valence-electron chi connectivity index (χ0n) is 22.2. The minimum atomic E-state index is -0.198. The smallest absolute Gasteiger partial charge is 0.256 e. The predicted octanol–water partition coefficient (Wildman–Crippen LogP) is 5.35. The van der Waals surface area contributed by atoms with Crippen LogP contribution in [0.15, 0.2) is 60.7 Å². The normalized spacial score (nSPS) is 13.7. The maximum atomic E-state index is 12.9. The number of aryl methyl sites for hydroxylation is 1. The number of carbonyl (C=O) groups excluding carboxylic acids is 2. The van der Waals surface area contributed by atoms with Crippen LogP contribution in [0.4, 0.5) is 11.4 Å². The number of methoxy groups -OCH3 is 2. The average molecular weight is 502 g/mol. The summed E-state index contributed by atoms with van der Waals surface area (Å²) in [6, 6.07) is 19.3. The molecule has 0 saturated carbocycles. The summed E-state index contributed by atoms with van der Waals surface area (Å²) in [6.45, 7) is 3.34. The summed E-state index contributed by atoms with van der Waals surface area (Å²) in [7, 11) is 7.10. The zero-order valence-corrected chi connectivity index (χ0v) is 22.2. The second-order valence-electron chi connectivity index (χ2n) is 9.61. The molecule has 1 saturated heterocycles. The van der Waals surface area contributed by atoms with Crippen LogP contribution in [0.5, 0.6) is 11.5 Å². The number of benzene rings is 3. The standard InChI is InChI=1S/C30H35N3O4/c1-20-18-27(36-4)28(37-5)19-26(20)29(34)31-24-10-6-21(7-11-24)22-14-16-33(17-15-22)30(35)23-8-12-25(13-9-23)32(2)3/h6-13,18-19,22H,14-17H2,1-5H3,(H,31,34). The highest BCUT2D eigenvalue weighted by Crippen LogP contribution is 2.32. The van der Waals surface area contributed by atoms with Crippen LogP contribution in [0.2, 0.25) is 0 Å². The fourth-order valence-electron chi connectivity index (χ4n) is 4.76. The molecule has 4 rings (SSSR count). The van der Waals surface area contributed by atoms with Crippen LogP contribution >= 0.6 is 0 Å². The molecule has 7 heteroatoms. The van der Waals surface area contributed by atoms with E-state index in [9.17, 15) is 9.59 Å². The van der Waals surface area contributed by atoms with Gasteiger partial charge in [-0.05, 0) is 85.3 Å².